The van der Waals surface area contributed by atoms with E-state index in [2.05, 4.69) is 29.8 Å². The van der Waals surface area contributed by atoms with Gasteiger partial charge in [0.2, 0.25) is 0 Å². The van der Waals surface area contributed by atoms with Crippen molar-refractivity contribution in [1.29, 1.82) is 5.26 Å². The Balaban J connectivity index is 0.00000142. The molecule has 2 aromatic rings. The number of nitrogens with zero attached hydrogens (tertiary/aromatic N) is 3. The Hall–Kier alpha value is -3.32. The zero-order chi connectivity index (χ0) is 29.8. The number of ether oxygens (including phenoxy) is 1. The molecule has 0 spiro atoms. The van der Waals surface area contributed by atoms with Gasteiger partial charge in [-0.05, 0) is 62.0 Å². The maximum atomic E-state index is 13.7. The van der Waals surface area contributed by atoms with Crippen molar-refractivity contribution >= 4 is 33.6 Å². The lowest BCUT2D eigenvalue weighted by atomic mass is 9.92. The van der Waals surface area contributed by atoms with Gasteiger partial charge in [0.05, 0.1) is 41.1 Å². The first-order valence-corrected chi connectivity index (χ1v) is 14.2. The monoisotopic (exact) mass is 609 g/mol. The largest absolute Gasteiger partial charge is 0.463 e. The van der Waals surface area contributed by atoms with Gasteiger partial charge in [0.15, 0.2) is 0 Å². The van der Waals surface area contributed by atoms with Crippen molar-refractivity contribution in [3.05, 3.63) is 76.5 Å². The Kier molecular flexibility index (Phi) is 13.8. The van der Waals surface area contributed by atoms with Crippen LogP contribution in [0.15, 0.2) is 59.8 Å². The second-order valence-corrected chi connectivity index (χ2v) is 8.42. The molecule has 1 aliphatic heterocycles. The number of carbonyl (C=O) groups is 2. The van der Waals surface area contributed by atoms with Crippen molar-refractivity contribution in [3.63, 3.8) is 0 Å². The van der Waals surface area contributed by atoms with Gasteiger partial charge in [0, 0.05) is 12.2 Å². The van der Waals surface area contributed by atoms with Gasteiger partial charge in [-0.15, -0.1) is 0 Å². The van der Waals surface area contributed by atoms with Crippen LogP contribution in [0.25, 0.3) is 0 Å². The van der Waals surface area contributed by atoms with Crippen molar-refractivity contribution in [1.82, 2.24) is 4.90 Å². The number of amides is 2. The molecule has 0 aliphatic carbocycles. The topological polar surface area (TPSA) is 73.6 Å². The minimum Gasteiger partial charge on any atom is -0.463 e. The molecule has 0 fully saturated rings. The second-order valence-electron chi connectivity index (χ2n) is 8.42. The Morgan fingerprint density at radius 2 is 1.67 bits per heavy atom. The number of rotatable bonds is 6. The summed E-state index contributed by atoms with van der Waals surface area (Å²) in [5.74, 6) is 1.15. The van der Waals surface area contributed by atoms with Crippen molar-refractivity contribution in [2.75, 3.05) is 23.9 Å². The van der Waals surface area contributed by atoms with Gasteiger partial charge in [-0.2, -0.15) is 18.4 Å². The summed E-state index contributed by atoms with van der Waals surface area (Å²) in [7, 11) is 0. The predicted octanol–water partition coefficient (Wildman–Crippen LogP) is 8.23. The Labute approximate surface area is 237 Å². The SMILES string of the molecule is CBr.CCC.CCCN1C(=O)N(c2cccc(C(F)(F)F)c2)C(C)=C(C(=O)OCC)[C@H]1c1ccc(C#N)cc1. The maximum Gasteiger partial charge on any atom is 0.416 e. The number of alkyl halides is 4. The van der Waals surface area contributed by atoms with Crippen LogP contribution >= 0.6 is 15.9 Å². The standard InChI is InChI=1S/C25H24F3N3O3.C3H8.CH3Br/c1-4-13-30-22(18-11-9-17(15-29)10-12-18)21(23(32)34-5-2)16(3)31(24(30)33)20-8-6-7-19(14-20)25(26,27)28;1-3-2;1-2/h6-12,14,22H,4-5,13H2,1-3H3;3H2,1-2H3;1H3/t22-;;/m1../s1. The minimum absolute atomic E-state index is 0.00138. The smallest absolute Gasteiger partial charge is 0.416 e. The summed E-state index contributed by atoms with van der Waals surface area (Å²) in [6.45, 7) is 9.60. The van der Waals surface area contributed by atoms with Crippen LogP contribution in [0.1, 0.15) is 70.2 Å². The fraction of sp³-hybridized carbons (Fsp3) is 0.414. The van der Waals surface area contributed by atoms with Crippen LogP contribution in [0.5, 0.6) is 0 Å². The molecule has 1 aliphatic rings. The van der Waals surface area contributed by atoms with E-state index < -0.39 is 29.8 Å². The van der Waals surface area contributed by atoms with Crippen LogP contribution < -0.4 is 4.90 Å². The van der Waals surface area contributed by atoms with Crippen LogP contribution in [0, 0.1) is 11.3 Å². The summed E-state index contributed by atoms with van der Waals surface area (Å²) in [6, 6.07) is 11.6. The minimum atomic E-state index is -4.59. The van der Waals surface area contributed by atoms with Crippen LogP contribution in [0.2, 0.25) is 0 Å². The number of anilines is 1. The molecule has 1 atom stereocenters. The number of benzene rings is 2. The molecule has 0 bridgehead atoms. The van der Waals surface area contributed by atoms with E-state index in [0.29, 0.717) is 17.5 Å². The Morgan fingerprint density at radius 3 is 2.15 bits per heavy atom. The number of allylic oxidation sites excluding steroid dienone is 1. The summed E-state index contributed by atoms with van der Waals surface area (Å²) in [5, 5.41) is 9.13. The lowest BCUT2D eigenvalue weighted by Gasteiger charge is -2.43. The van der Waals surface area contributed by atoms with Crippen molar-refractivity contribution in [2.24, 2.45) is 0 Å². The molecular weight excluding hydrogens is 575 g/mol. The molecule has 0 unspecified atom stereocenters. The number of urea groups is 1. The maximum absolute atomic E-state index is 13.7. The van der Waals surface area contributed by atoms with E-state index >= 15 is 0 Å². The number of esters is 1. The molecule has 0 saturated carbocycles. The first kappa shape index (κ1) is 33.7. The van der Waals surface area contributed by atoms with Gasteiger partial charge < -0.3 is 9.64 Å². The summed E-state index contributed by atoms with van der Waals surface area (Å²) < 4.78 is 45.3. The van der Waals surface area contributed by atoms with E-state index in [1.807, 2.05) is 18.8 Å². The molecule has 2 amide bonds. The highest BCUT2D eigenvalue weighted by molar-refractivity contribution is 9.08. The molecule has 1 heterocycles. The molecule has 0 aromatic heterocycles. The summed E-state index contributed by atoms with van der Waals surface area (Å²) in [4.78, 5) is 29.3. The molecule has 10 heteroatoms. The van der Waals surface area contributed by atoms with Gasteiger partial charge >= 0.3 is 18.2 Å². The molecule has 0 saturated heterocycles. The third-order valence-electron chi connectivity index (χ3n) is 5.49. The van der Waals surface area contributed by atoms with E-state index in [1.165, 1.54) is 30.4 Å². The molecule has 6 nitrogen and oxygen atoms in total. The first-order valence-electron chi connectivity index (χ1n) is 12.6. The molecule has 0 N–H and O–H groups in total. The van der Waals surface area contributed by atoms with E-state index in [9.17, 15) is 22.8 Å². The molecule has 39 heavy (non-hydrogen) atoms. The second kappa shape index (κ2) is 15.9. The van der Waals surface area contributed by atoms with E-state index in [4.69, 9.17) is 10.00 Å². The highest BCUT2D eigenvalue weighted by Gasteiger charge is 2.43. The fourth-order valence-electron chi connectivity index (χ4n) is 4.00. The third-order valence-corrected chi connectivity index (χ3v) is 5.49. The molecule has 212 valence electrons. The van der Waals surface area contributed by atoms with Crippen LogP contribution in [0.3, 0.4) is 0 Å². The zero-order valence-electron chi connectivity index (χ0n) is 23.1. The summed E-state index contributed by atoms with van der Waals surface area (Å²) in [5.41, 5.74) is 0.434. The van der Waals surface area contributed by atoms with Gasteiger partial charge in [-0.25, -0.2) is 9.59 Å². The normalized spacial score (nSPS) is 15.0. The number of halogens is 4. The predicted molar refractivity (Wildman–Crippen MR) is 150 cm³/mol. The highest BCUT2D eigenvalue weighted by Crippen LogP contribution is 2.41. The summed E-state index contributed by atoms with van der Waals surface area (Å²) in [6.07, 6.45) is -2.80. The van der Waals surface area contributed by atoms with Crippen LogP contribution in [0.4, 0.5) is 23.7 Å². The number of hydrogen-bond donors (Lipinski definition) is 0. The number of carbonyl (C=O) groups excluding carboxylic acids is 2. The first-order chi connectivity index (χ1) is 18.5. The van der Waals surface area contributed by atoms with Crippen molar-refractivity contribution < 1.29 is 27.5 Å². The van der Waals surface area contributed by atoms with E-state index in [1.54, 1.807) is 31.2 Å². The average molecular weight is 611 g/mol. The zero-order valence-corrected chi connectivity index (χ0v) is 24.7. The molecule has 2 aromatic carbocycles. The fourth-order valence-corrected chi connectivity index (χ4v) is 4.00. The summed E-state index contributed by atoms with van der Waals surface area (Å²) >= 11 is 2.94. The average Bonchev–Trinajstić information content (AvgIpc) is 2.91. The van der Waals surface area contributed by atoms with Crippen LogP contribution in [-0.4, -0.2) is 35.9 Å². The molecular formula is C29H35BrF3N3O3. The Morgan fingerprint density at radius 1 is 1.08 bits per heavy atom. The van der Waals surface area contributed by atoms with Crippen molar-refractivity contribution in [3.8, 4) is 6.07 Å². The lowest BCUT2D eigenvalue weighted by Crippen LogP contribution is -2.51. The van der Waals surface area contributed by atoms with Crippen molar-refractivity contribution in [2.45, 2.75) is 59.7 Å². The Bertz CT molecular complexity index is 1170. The van der Waals surface area contributed by atoms with Crippen LogP contribution in [-0.2, 0) is 15.7 Å². The third kappa shape index (κ3) is 8.33. The number of nitriles is 1. The molecule has 0 radical (unpaired) electrons. The lowest BCUT2D eigenvalue weighted by molar-refractivity contribution is -0.139. The number of hydrogen-bond acceptors (Lipinski definition) is 4. The van der Waals surface area contributed by atoms with Gasteiger partial charge in [-0.1, -0.05) is 61.3 Å². The molecule has 3 rings (SSSR count). The quantitative estimate of drug-likeness (QED) is 0.244. The van der Waals surface area contributed by atoms with E-state index in [-0.39, 0.29) is 30.1 Å². The van der Waals surface area contributed by atoms with Gasteiger partial charge in [-0.3, -0.25) is 4.90 Å². The van der Waals surface area contributed by atoms with Gasteiger partial charge in [0.1, 0.15) is 0 Å². The van der Waals surface area contributed by atoms with E-state index in [0.717, 1.165) is 17.0 Å². The highest BCUT2D eigenvalue weighted by atomic mass is 79.9. The van der Waals surface area contributed by atoms with Gasteiger partial charge in [0.25, 0.3) is 0 Å².